The Kier molecular flexibility index (Phi) is 1.83. The van der Waals surface area contributed by atoms with Gasteiger partial charge in [0.1, 0.15) is 0 Å². The summed E-state index contributed by atoms with van der Waals surface area (Å²) in [5, 5.41) is 12.4. The quantitative estimate of drug-likeness (QED) is 0.771. The van der Waals surface area contributed by atoms with Gasteiger partial charge in [0.05, 0.1) is 5.60 Å². The van der Waals surface area contributed by atoms with Gasteiger partial charge in [-0.3, -0.25) is 0 Å². The Morgan fingerprint density at radius 3 is 2.62 bits per heavy atom. The minimum absolute atomic E-state index is 0.327. The van der Waals surface area contributed by atoms with Gasteiger partial charge in [-0.15, -0.1) is 11.3 Å². The second-order valence-corrected chi connectivity index (χ2v) is 5.82. The Hall–Kier alpha value is -0.340. The van der Waals surface area contributed by atoms with Crippen LogP contribution in [0.5, 0.6) is 0 Å². The van der Waals surface area contributed by atoms with Gasteiger partial charge in [-0.05, 0) is 36.1 Å². The van der Waals surface area contributed by atoms with Gasteiger partial charge in [-0.2, -0.15) is 0 Å². The Bertz CT molecular complexity index is 298. The molecule has 1 N–H and O–H groups in total. The van der Waals surface area contributed by atoms with Gasteiger partial charge in [0.2, 0.25) is 0 Å². The maximum Gasteiger partial charge on any atom is 0.0993 e. The van der Waals surface area contributed by atoms with E-state index < -0.39 is 5.60 Å². The largest absolute Gasteiger partial charge is 0.384 e. The zero-order valence-electron chi connectivity index (χ0n) is 8.37. The lowest BCUT2D eigenvalue weighted by atomic mass is 9.93. The fourth-order valence-corrected chi connectivity index (χ4v) is 3.01. The second kappa shape index (κ2) is 2.58. The molecule has 1 saturated carbocycles. The molecule has 1 aromatic heterocycles. The van der Waals surface area contributed by atoms with Crippen molar-refractivity contribution in [1.29, 1.82) is 0 Å². The molecular formula is C11H16OS. The summed E-state index contributed by atoms with van der Waals surface area (Å²) < 4.78 is 0. The van der Waals surface area contributed by atoms with Crippen molar-refractivity contribution < 1.29 is 5.11 Å². The van der Waals surface area contributed by atoms with Crippen LogP contribution in [0.25, 0.3) is 0 Å². The molecule has 1 aromatic rings. The van der Waals surface area contributed by atoms with E-state index >= 15 is 0 Å². The third kappa shape index (κ3) is 1.42. The first-order valence-electron chi connectivity index (χ1n) is 4.71. The molecule has 0 spiro atoms. The van der Waals surface area contributed by atoms with Crippen molar-refractivity contribution >= 4 is 11.3 Å². The SMILES string of the molecule is CC1(C)CC1C(C)(O)c1cccs1. The Morgan fingerprint density at radius 2 is 2.23 bits per heavy atom. The first-order valence-corrected chi connectivity index (χ1v) is 5.59. The van der Waals surface area contributed by atoms with E-state index in [-0.39, 0.29) is 0 Å². The van der Waals surface area contributed by atoms with E-state index in [2.05, 4.69) is 13.8 Å². The van der Waals surface area contributed by atoms with Crippen molar-refractivity contribution in [3.8, 4) is 0 Å². The van der Waals surface area contributed by atoms with Crippen LogP contribution in [0.2, 0.25) is 0 Å². The van der Waals surface area contributed by atoms with Crippen LogP contribution in [0, 0.1) is 11.3 Å². The lowest BCUT2D eigenvalue weighted by Gasteiger charge is -2.23. The highest BCUT2D eigenvalue weighted by Crippen LogP contribution is 2.60. The number of thiophene rings is 1. The second-order valence-electron chi connectivity index (χ2n) is 4.87. The standard InChI is InChI=1S/C11H16OS/c1-10(2)7-8(10)11(3,12)9-5-4-6-13-9/h4-6,8,12H,7H2,1-3H3. The highest BCUT2D eigenvalue weighted by Gasteiger charge is 2.56. The lowest BCUT2D eigenvalue weighted by Crippen LogP contribution is -2.24. The fourth-order valence-electron chi connectivity index (χ4n) is 2.17. The molecule has 0 aliphatic heterocycles. The van der Waals surface area contributed by atoms with Crippen LogP contribution in [0.3, 0.4) is 0 Å². The number of hydrogen-bond donors (Lipinski definition) is 1. The van der Waals surface area contributed by atoms with Crippen LogP contribution in [0.15, 0.2) is 17.5 Å². The normalized spacial score (nSPS) is 29.7. The highest BCUT2D eigenvalue weighted by atomic mass is 32.1. The molecule has 1 nitrogen and oxygen atoms in total. The predicted molar refractivity (Wildman–Crippen MR) is 55.8 cm³/mol. The molecule has 0 saturated heterocycles. The van der Waals surface area contributed by atoms with Gasteiger partial charge in [-0.1, -0.05) is 19.9 Å². The molecule has 13 heavy (non-hydrogen) atoms. The first kappa shape index (κ1) is 9.22. The van der Waals surface area contributed by atoms with Gasteiger partial charge in [-0.25, -0.2) is 0 Å². The molecule has 0 radical (unpaired) electrons. The molecule has 2 heteroatoms. The Balaban J connectivity index is 2.23. The van der Waals surface area contributed by atoms with Crippen molar-refractivity contribution in [1.82, 2.24) is 0 Å². The average Bonchev–Trinajstić information content (AvgIpc) is 2.56. The monoisotopic (exact) mass is 196 g/mol. The summed E-state index contributed by atoms with van der Waals surface area (Å²) in [6.07, 6.45) is 1.14. The maximum atomic E-state index is 10.4. The third-order valence-corrected chi connectivity index (χ3v) is 4.31. The number of rotatable bonds is 2. The summed E-state index contributed by atoms with van der Waals surface area (Å²) in [4.78, 5) is 1.10. The average molecular weight is 196 g/mol. The summed E-state index contributed by atoms with van der Waals surface area (Å²) in [5.74, 6) is 0.429. The van der Waals surface area contributed by atoms with Gasteiger partial charge in [0, 0.05) is 4.88 Å². The molecule has 1 aliphatic rings. The van der Waals surface area contributed by atoms with E-state index in [1.54, 1.807) is 11.3 Å². The predicted octanol–water partition coefficient (Wildman–Crippen LogP) is 3.00. The molecular weight excluding hydrogens is 180 g/mol. The Labute approximate surface area is 83.4 Å². The van der Waals surface area contributed by atoms with Crippen LogP contribution in [0.1, 0.15) is 32.1 Å². The van der Waals surface area contributed by atoms with Crippen molar-refractivity contribution in [3.05, 3.63) is 22.4 Å². The maximum absolute atomic E-state index is 10.4. The molecule has 2 unspecified atom stereocenters. The summed E-state index contributed by atoms with van der Waals surface area (Å²) in [6, 6.07) is 4.03. The highest BCUT2D eigenvalue weighted by molar-refractivity contribution is 7.10. The summed E-state index contributed by atoms with van der Waals surface area (Å²) >= 11 is 1.65. The third-order valence-electron chi connectivity index (χ3n) is 3.21. The van der Waals surface area contributed by atoms with Crippen molar-refractivity contribution in [2.24, 2.45) is 11.3 Å². The summed E-state index contributed by atoms with van der Waals surface area (Å²) in [6.45, 7) is 6.39. The molecule has 1 aliphatic carbocycles. The van der Waals surface area contributed by atoms with Crippen LogP contribution in [0.4, 0.5) is 0 Å². The van der Waals surface area contributed by atoms with Gasteiger partial charge in [0.15, 0.2) is 0 Å². The van der Waals surface area contributed by atoms with Gasteiger partial charge in [0.25, 0.3) is 0 Å². The van der Waals surface area contributed by atoms with Crippen molar-refractivity contribution in [3.63, 3.8) is 0 Å². The minimum atomic E-state index is -0.613. The Morgan fingerprint density at radius 1 is 1.62 bits per heavy atom. The van der Waals surface area contributed by atoms with Crippen LogP contribution >= 0.6 is 11.3 Å². The minimum Gasteiger partial charge on any atom is -0.384 e. The van der Waals surface area contributed by atoms with E-state index in [0.29, 0.717) is 11.3 Å². The topological polar surface area (TPSA) is 20.2 Å². The van der Waals surface area contributed by atoms with Crippen molar-refractivity contribution in [2.75, 3.05) is 0 Å². The fraction of sp³-hybridized carbons (Fsp3) is 0.636. The molecule has 2 rings (SSSR count). The van der Waals surface area contributed by atoms with Gasteiger partial charge < -0.3 is 5.11 Å². The van der Waals surface area contributed by atoms with E-state index in [9.17, 15) is 5.11 Å². The molecule has 0 amide bonds. The lowest BCUT2D eigenvalue weighted by molar-refractivity contribution is 0.0245. The van der Waals surface area contributed by atoms with Gasteiger partial charge >= 0.3 is 0 Å². The molecule has 0 bridgehead atoms. The molecule has 72 valence electrons. The number of aliphatic hydroxyl groups is 1. The van der Waals surface area contributed by atoms with E-state index in [1.165, 1.54) is 0 Å². The van der Waals surface area contributed by atoms with Crippen LogP contribution < -0.4 is 0 Å². The van der Waals surface area contributed by atoms with Crippen LogP contribution in [-0.2, 0) is 5.60 Å². The van der Waals surface area contributed by atoms with Crippen molar-refractivity contribution in [2.45, 2.75) is 32.8 Å². The summed E-state index contributed by atoms with van der Waals surface area (Å²) in [5.41, 5.74) is -0.287. The summed E-state index contributed by atoms with van der Waals surface area (Å²) in [7, 11) is 0. The van der Waals surface area contributed by atoms with E-state index in [1.807, 2.05) is 24.4 Å². The molecule has 0 aromatic carbocycles. The number of hydrogen-bond acceptors (Lipinski definition) is 2. The zero-order valence-corrected chi connectivity index (χ0v) is 9.19. The smallest absolute Gasteiger partial charge is 0.0993 e. The molecule has 1 fully saturated rings. The molecule has 2 atom stereocenters. The van der Waals surface area contributed by atoms with Crippen LogP contribution in [-0.4, -0.2) is 5.11 Å². The first-order chi connectivity index (χ1) is 5.94. The molecule has 1 heterocycles. The zero-order chi connectivity index (χ0) is 9.69. The van der Waals surface area contributed by atoms with E-state index in [0.717, 1.165) is 11.3 Å². The van der Waals surface area contributed by atoms with E-state index in [4.69, 9.17) is 0 Å².